The van der Waals surface area contributed by atoms with Gasteiger partial charge in [-0.05, 0) is 49.1 Å². The van der Waals surface area contributed by atoms with Crippen molar-refractivity contribution >= 4 is 23.2 Å². The molecule has 0 bridgehead atoms. The second kappa shape index (κ2) is 9.79. The van der Waals surface area contributed by atoms with Gasteiger partial charge in [-0.2, -0.15) is 0 Å². The second-order valence-corrected chi connectivity index (χ2v) is 8.32. The molecule has 30 heavy (non-hydrogen) atoms. The molecule has 1 saturated carbocycles. The van der Waals surface area contributed by atoms with Gasteiger partial charge < -0.3 is 15.1 Å². The van der Waals surface area contributed by atoms with Crippen molar-refractivity contribution in [1.82, 2.24) is 4.90 Å². The van der Waals surface area contributed by atoms with Crippen molar-refractivity contribution in [1.29, 1.82) is 0 Å². The van der Waals surface area contributed by atoms with Crippen molar-refractivity contribution in [3.8, 4) is 0 Å². The van der Waals surface area contributed by atoms with Crippen LogP contribution in [0.25, 0.3) is 0 Å². The molecule has 0 heterocycles. The molecule has 2 aromatic rings. The third-order valence-corrected chi connectivity index (χ3v) is 6.02. The summed E-state index contributed by atoms with van der Waals surface area (Å²) < 4.78 is 0. The van der Waals surface area contributed by atoms with E-state index in [-0.39, 0.29) is 23.8 Å². The van der Waals surface area contributed by atoms with Crippen LogP contribution >= 0.6 is 0 Å². The van der Waals surface area contributed by atoms with Crippen molar-refractivity contribution in [2.24, 2.45) is 5.92 Å². The molecule has 0 unspecified atom stereocenters. The Morgan fingerprint density at radius 1 is 1.10 bits per heavy atom. The number of benzene rings is 2. The summed E-state index contributed by atoms with van der Waals surface area (Å²) in [6, 6.07) is 16.0. The lowest BCUT2D eigenvalue weighted by Crippen LogP contribution is -2.33. The Balaban J connectivity index is 1.88. The molecule has 3 rings (SSSR count). The van der Waals surface area contributed by atoms with E-state index in [9.17, 15) is 9.59 Å². The summed E-state index contributed by atoms with van der Waals surface area (Å²) in [5.74, 6) is 0.349. The number of carbonyl (C=O) groups is 2. The Labute approximate surface area is 180 Å². The molecule has 1 aliphatic carbocycles. The second-order valence-electron chi connectivity index (χ2n) is 8.32. The van der Waals surface area contributed by atoms with Crippen LogP contribution in [0.2, 0.25) is 0 Å². The summed E-state index contributed by atoms with van der Waals surface area (Å²) in [5, 5.41) is 3.07. The fourth-order valence-electron chi connectivity index (χ4n) is 3.88. The third-order valence-electron chi connectivity index (χ3n) is 6.02. The Hall–Kier alpha value is -2.82. The van der Waals surface area contributed by atoms with Gasteiger partial charge in [0.15, 0.2) is 0 Å². The van der Waals surface area contributed by atoms with E-state index in [1.54, 1.807) is 0 Å². The van der Waals surface area contributed by atoms with Crippen molar-refractivity contribution < 1.29 is 9.59 Å². The molecule has 0 spiro atoms. The summed E-state index contributed by atoms with van der Waals surface area (Å²) in [4.78, 5) is 29.2. The zero-order valence-corrected chi connectivity index (χ0v) is 18.5. The predicted octanol–water partition coefficient (Wildman–Crippen LogP) is 4.99. The van der Waals surface area contributed by atoms with Gasteiger partial charge >= 0.3 is 0 Å². The average Bonchev–Trinajstić information content (AvgIpc) is 2.70. The molecule has 0 saturated heterocycles. The number of anilines is 2. The van der Waals surface area contributed by atoms with Crippen molar-refractivity contribution in [3.63, 3.8) is 0 Å². The number of hydrogen-bond donors (Lipinski definition) is 1. The van der Waals surface area contributed by atoms with Crippen molar-refractivity contribution in [3.05, 3.63) is 59.7 Å². The highest BCUT2D eigenvalue weighted by Crippen LogP contribution is 2.31. The van der Waals surface area contributed by atoms with Gasteiger partial charge in [-0.15, -0.1) is 0 Å². The van der Waals surface area contributed by atoms with E-state index in [0.29, 0.717) is 13.0 Å². The third kappa shape index (κ3) is 5.02. The van der Waals surface area contributed by atoms with E-state index < -0.39 is 0 Å². The van der Waals surface area contributed by atoms with E-state index in [2.05, 4.69) is 29.3 Å². The van der Waals surface area contributed by atoms with Crippen LogP contribution in [0, 0.1) is 5.92 Å². The largest absolute Gasteiger partial charge is 0.377 e. The Kier molecular flexibility index (Phi) is 7.14. The Bertz CT molecular complexity index is 875. The van der Waals surface area contributed by atoms with Crippen LogP contribution in [0.5, 0.6) is 0 Å². The topological polar surface area (TPSA) is 52.7 Å². The first-order valence-corrected chi connectivity index (χ1v) is 10.9. The van der Waals surface area contributed by atoms with Crippen LogP contribution in [0.3, 0.4) is 0 Å². The van der Waals surface area contributed by atoms with Crippen LogP contribution < -0.4 is 10.2 Å². The van der Waals surface area contributed by atoms with Gasteiger partial charge in [0.1, 0.15) is 0 Å². The molecule has 1 N–H and O–H groups in total. The summed E-state index contributed by atoms with van der Waals surface area (Å²) in [7, 11) is 4.00. The molecule has 0 aliphatic heterocycles. The Morgan fingerprint density at radius 2 is 1.80 bits per heavy atom. The average molecular weight is 408 g/mol. The fraction of sp³-hybridized carbons (Fsp3) is 0.440. The zero-order valence-electron chi connectivity index (χ0n) is 18.5. The summed E-state index contributed by atoms with van der Waals surface area (Å²) >= 11 is 0. The first-order valence-electron chi connectivity index (χ1n) is 10.9. The molecule has 0 radical (unpaired) electrons. The minimum absolute atomic E-state index is 0.0399. The molecular weight excluding hydrogens is 374 g/mol. The van der Waals surface area contributed by atoms with Crippen LogP contribution in [0.1, 0.15) is 56.7 Å². The smallest absolute Gasteiger partial charge is 0.227 e. The quantitative estimate of drug-likeness (QED) is 0.671. The molecule has 1 fully saturated rings. The lowest BCUT2D eigenvalue weighted by Gasteiger charge is -2.31. The molecule has 160 valence electrons. The lowest BCUT2D eigenvalue weighted by molar-refractivity contribution is -0.133. The van der Waals surface area contributed by atoms with Crippen LogP contribution in [0.4, 0.5) is 11.4 Å². The van der Waals surface area contributed by atoms with E-state index in [1.165, 1.54) is 0 Å². The van der Waals surface area contributed by atoms with Crippen LogP contribution in [-0.2, 0) is 16.1 Å². The first-order chi connectivity index (χ1) is 14.4. The minimum Gasteiger partial charge on any atom is -0.377 e. The van der Waals surface area contributed by atoms with E-state index in [1.807, 2.05) is 62.3 Å². The summed E-state index contributed by atoms with van der Waals surface area (Å²) in [5.41, 5.74) is 3.98. The van der Waals surface area contributed by atoms with Crippen molar-refractivity contribution in [2.45, 2.75) is 52.1 Å². The highest BCUT2D eigenvalue weighted by atomic mass is 16.2. The number of rotatable bonds is 8. The lowest BCUT2D eigenvalue weighted by atomic mass is 9.85. The molecule has 2 aromatic carbocycles. The number of carbonyl (C=O) groups excluding carboxylic acids is 2. The zero-order chi connectivity index (χ0) is 21.7. The Morgan fingerprint density at radius 3 is 2.37 bits per heavy atom. The maximum Gasteiger partial charge on any atom is 0.227 e. The predicted molar refractivity (Wildman–Crippen MR) is 122 cm³/mol. The highest BCUT2D eigenvalue weighted by molar-refractivity contribution is 5.93. The molecule has 1 aliphatic rings. The van der Waals surface area contributed by atoms with Crippen LogP contribution in [0.15, 0.2) is 48.5 Å². The van der Waals surface area contributed by atoms with Gasteiger partial charge in [0.05, 0.1) is 6.04 Å². The number of hydrogen-bond acceptors (Lipinski definition) is 3. The van der Waals surface area contributed by atoms with Crippen molar-refractivity contribution in [2.75, 3.05) is 24.3 Å². The standard InChI is InChI=1S/C25H33N3O2/c1-5-24(29)28(18(2)19-10-7-6-8-11-19)17-21-16-22(14-15-23(21)27(3)4)26-25(30)20-12-9-13-20/h6-8,10-11,14-16,18,20H,5,9,12-13,17H2,1-4H3,(H,26,30)/t18-/m1/s1. The van der Waals surface area contributed by atoms with Gasteiger partial charge in [0.2, 0.25) is 11.8 Å². The SMILES string of the molecule is CCC(=O)N(Cc1cc(NC(=O)C2CCC2)ccc1N(C)C)[C@H](C)c1ccccc1. The molecule has 2 amide bonds. The maximum atomic E-state index is 12.9. The van der Waals surface area contributed by atoms with Gasteiger partial charge in [0, 0.05) is 44.4 Å². The number of nitrogens with zero attached hydrogens (tertiary/aromatic N) is 2. The fourth-order valence-corrected chi connectivity index (χ4v) is 3.88. The van der Waals surface area contributed by atoms with Gasteiger partial charge in [-0.25, -0.2) is 0 Å². The molecule has 5 nitrogen and oxygen atoms in total. The first kappa shape index (κ1) is 21.9. The van der Waals surface area contributed by atoms with Crippen LogP contribution in [-0.4, -0.2) is 30.8 Å². The molecule has 1 atom stereocenters. The van der Waals surface area contributed by atoms with Gasteiger partial charge in [-0.3, -0.25) is 9.59 Å². The minimum atomic E-state index is -0.0399. The normalized spacial score (nSPS) is 14.5. The maximum absolute atomic E-state index is 12.9. The summed E-state index contributed by atoms with van der Waals surface area (Å²) in [6.45, 7) is 4.46. The van der Waals surface area contributed by atoms with Gasteiger partial charge in [-0.1, -0.05) is 43.7 Å². The van der Waals surface area contributed by atoms with E-state index in [4.69, 9.17) is 0 Å². The highest BCUT2D eigenvalue weighted by Gasteiger charge is 2.26. The van der Waals surface area contributed by atoms with E-state index >= 15 is 0 Å². The summed E-state index contributed by atoms with van der Waals surface area (Å²) in [6.07, 6.45) is 3.53. The van der Waals surface area contributed by atoms with Gasteiger partial charge in [0.25, 0.3) is 0 Å². The number of nitrogens with one attached hydrogen (secondary N) is 1. The van der Waals surface area contributed by atoms with E-state index in [0.717, 1.165) is 41.8 Å². The molecule has 0 aromatic heterocycles. The molecular formula is C25H33N3O2. The molecule has 5 heteroatoms. The number of amides is 2. The monoisotopic (exact) mass is 407 g/mol.